The maximum absolute atomic E-state index is 11.6. The topological polar surface area (TPSA) is 50.4 Å². The number of nitrogens with one attached hydrogen (secondary N) is 2. The molecular formula is C11H13BrN2O2. The number of ether oxygens (including phenoxy) is 1. The van der Waals surface area contributed by atoms with Gasteiger partial charge in [-0.1, -0.05) is 12.1 Å². The number of carbonyl (C=O) groups is 1. The summed E-state index contributed by atoms with van der Waals surface area (Å²) < 4.78 is 6.05. The molecule has 1 aliphatic heterocycles. The molecule has 1 aromatic carbocycles. The van der Waals surface area contributed by atoms with E-state index in [9.17, 15) is 4.79 Å². The summed E-state index contributed by atoms with van der Waals surface area (Å²) in [6, 6.07) is 7.44. The van der Waals surface area contributed by atoms with E-state index < -0.39 is 0 Å². The molecule has 1 aromatic rings. The Labute approximate surface area is 102 Å². The summed E-state index contributed by atoms with van der Waals surface area (Å²) in [4.78, 5) is 11.6. The summed E-state index contributed by atoms with van der Waals surface area (Å²) in [6.07, 6.45) is 0.878. The lowest BCUT2D eigenvalue weighted by molar-refractivity contribution is 0.189. The van der Waals surface area contributed by atoms with Gasteiger partial charge in [0.2, 0.25) is 0 Å². The van der Waals surface area contributed by atoms with Gasteiger partial charge in [-0.15, -0.1) is 0 Å². The third-order valence-corrected chi connectivity index (χ3v) is 3.08. The van der Waals surface area contributed by atoms with Crippen LogP contribution in [0.15, 0.2) is 28.7 Å². The minimum absolute atomic E-state index is 0.127. The van der Waals surface area contributed by atoms with Crippen molar-refractivity contribution in [1.29, 1.82) is 0 Å². The van der Waals surface area contributed by atoms with Crippen molar-refractivity contribution >= 4 is 27.6 Å². The van der Waals surface area contributed by atoms with Crippen LogP contribution in [-0.4, -0.2) is 25.3 Å². The van der Waals surface area contributed by atoms with Crippen LogP contribution in [-0.2, 0) is 4.74 Å². The number of urea groups is 1. The Morgan fingerprint density at radius 1 is 1.44 bits per heavy atom. The number of rotatable bonds is 2. The fourth-order valence-corrected chi connectivity index (χ4v) is 1.94. The highest BCUT2D eigenvalue weighted by Gasteiger charge is 2.17. The standard InChI is InChI=1S/C11H13BrN2O2/c12-9-3-1-2-4-10(9)14-11(15)13-8-5-6-16-7-8/h1-4,8H,5-7H2,(H2,13,14,15). The SMILES string of the molecule is O=C(Nc1ccccc1Br)NC1CCOC1. The summed E-state index contributed by atoms with van der Waals surface area (Å²) in [5.74, 6) is 0. The van der Waals surface area contributed by atoms with E-state index in [0.717, 1.165) is 23.2 Å². The lowest BCUT2D eigenvalue weighted by atomic mass is 10.3. The van der Waals surface area contributed by atoms with Gasteiger partial charge in [-0.25, -0.2) is 4.79 Å². The van der Waals surface area contributed by atoms with Crippen LogP contribution < -0.4 is 10.6 Å². The molecule has 0 aliphatic carbocycles. The Balaban J connectivity index is 1.89. The van der Waals surface area contributed by atoms with Crippen LogP contribution >= 0.6 is 15.9 Å². The van der Waals surface area contributed by atoms with Crippen LogP contribution in [0.25, 0.3) is 0 Å². The number of carbonyl (C=O) groups excluding carboxylic acids is 1. The number of amides is 2. The molecule has 0 spiro atoms. The van der Waals surface area contributed by atoms with E-state index in [1.54, 1.807) is 0 Å². The molecule has 2 N–H and O–H groups in total. The average Bonchev–Trinajstić information content (AvgIpc) is 2.74. The Hall–Kier alpha value is -1.07. The van der Waals surface area contributed by atoms with E-state index in [0.29, 0.717) is 6.61 Å². The van der Waals surface area contributed by atoms with Gasteiger partial charge >= 0.3 is 6.03 Å². The van der Waals surface area contributed by atoms with Crippen molar-refractivity contribution in [2.45, 2.75) is 12.5 Å². The molecule has 1 fully saturated rings. The smallest absolute Gasteiger partial charge is 0.319 e. The molecule has 2 rings (SSSR count). The third-order valence-electron chi connectivity index (χ3n) is 2.39. The van der Waals surface area contributed by atoms with Gasteiger partial charge in [0, 0.05) is 11.1 Å². The normalized spacial score (nSPS) is 19.4. The summed E-state index contributed by atoms with van der Waals surface area (Å²) in [5, 5.41) is 5.64. The second-order valence-electron chi connectivity index (χ2n) is 3.64. The Kier molecular flexibility index (Phi) is 3.79. The fourth-order valence-electron chi connectivity index (χ4n) is 1.55. The van der Waals surface area contributed by atoms with Crippen LogP contribution in [0, 0.1) is 0 Å². The molecule has 0 saturated carbocycles. The number of hydrogen-bond acceptors (Lipinski definition) is 2. The van der Waals surface area contributed by atoms with Gasteiger partial charge in [-0.2, -0.15) is 0 Å². The van der Waals surface area contributed by atoms with Crippen molar-refractivity contribution in [3.05, 3.63) is 28.7 Å². The molecule has 1 heterocycles. The maximum atomic E-state index is 11.6. The molecule has 5 heteroatoms. The maximum Gasteiger partial charge on any atom is 0.319 e. The van der Waals surface area contributed by atoms with E-state index in [4.69, 9.17) is 4.74 Å². The number of para-hydroxylation sites is 1. The molecular weight excluding hydrogens is 272 g/mol. The minimum Gasteiger partial charge on any atom is -0.379 e. The molecule has 0 bridgehead atoms. The Morgan fingerprint density at radius 3 is 2.94 bits per heavy atom. The van der Waals surface area contributed by atoms with Crippen molar-refractivity contribution < 1.29 is 9.53 Å². The van der Waals surface area contributed by atoms with Crippen LogP contribution in [0.3, 0.4) is 0 Å². The summed E-state index contributed by atoms with van der Waals surface area (Å²) >= 11 is 3.37. The number of hydrogen-bond donors (Lipinski definition) is 2. The molecule has 1 atom stereocenters. The summed E-state index contributed by atoms with van der Waals surface area (Å²) in [5.41, 5.74) is 0.763. The monoisotopic (exact) mass is 284 g/mol. The van der Waals surface area contributed by atoms with Crippen LogP contribution in [0.5, 0.6) is 0 Å². The van der Waals surface area contributed by atoms with E-state index in [1.807, 2.05) is 24.3 Å². The van der Waals surface area contributed by atoms with E-state index >= 15 is 0 Å². The zero-order valence-corrected chi connectivity index (χ0v) is 10.3. The van der Waals surface area contributed by atoms with E-state index in [2.05, 4.69) is 26.6 Å². The molecule has 1 saturated heterocycles. The van der Waals surface area contributed by atoms with Gasteiger partial charge in [0.1, 0.15) is 0 Å². The molecule has 1 aliphatic rings. The third kappa shape index (κ3) is 2.96. The summed E-state index contributed by atoms with van der Waals surface area (Å²) in [6.45, 7) is 1.32. The molecule has 16 heavy (non-hydrogen) atoms. The van der Waals surface area contributed by atoms with Gasteiger partial charge in [-0.3, -0.25) is 0 Å². The van der Waals surface area contributed by atoms with Crippen LogP contribution in [0.2, 0.25) is 0 Å². The molecule has 2 amide bonds. The largest absolute Gasteiger partial charge is 0.379 e. The highest BCUT2D eigenvalue weighted by molar-refractivity contribution is 9.10. The second-order valence-corrected chi connectivity index (χ2v) is 4.49. The molecule has 0 radical (unpaired) electrons. The Bertz CT molecular complexity index is 378. The fraction of sp³-hybridized carbons (Fsp3) is 0.364. The predicted octanol–water partition coefficient (Wildman–Crippen LogP) is 2.36. The molecule has 0 aromatic heterocycles. The zero-order chi connectivity index (χ0) is 11.4. The minimum atomic E-state index is -0.192. The first kappa shape index (κ1) is 11.4. The zero-order valence-electron chi connectivity index (χ0n) is 8.70. The van der Waals surface area contributed by atoms with Crippen molar-refractivity contribution in [1.82, 2.24) is 5.32 Å². The van der Waals surface area contributed by atoms with E-state index in [-0.39, 0.29) is 12.1 Å². The van der Waals surface area contributed by atoms with Crippen molar-refractivity contribution in [2.75, 3.05) is 18.5 Å². The lowest BCUT2D eigenvalue weighted by Gasteiger charge is -2.12. The number of anilines is 1. The van der Waals surface area contributed by atoms with Crippen molar-refractivity contribution in [3.63, 3.8) is 0 Å². The first-order chi connectivity index (χ1) is 7.75. The molecule has 4 nitrogen and oxygen atoms in total. The van der Waals surface area contributed by atoms with Gasteiger partial charge in [0.15, 0.2) is 0 Å². The first-order valence-electron chi connectivity index (χ1n) is 5.15. The molecule has 1 unspecified atom stereocenters. The van der Waals surface area contributed by atoms with Crippen LogP contribution in [0.1, 0.15) is 6.42 Å². The van der Waals surface area contributed by atoms with Crippen LogP contribution in [0.4, 0.5) is 10.5 Å². The Morgan fingerprint density at radius 2 is 2.25 bits per heavy atom. The lowest BCUT2D eigenvalue weighted by Crippen LogP contribution is -2.38. The number of benzene rings is 1. The highest BCUT2D eigenvalue weighted by atomic mass is 79.9. The van der Waals surface area contributed by atoms with E-state index in [1.165, 1.54) is 0 Å². The van der Waals surface area contributed by atoms with Gasteiger partial charge in [-0.05, 0) is 34.5 Å². The quantitative estimate of drug-likeness (QED) is 0.876. The first-order valence-corrected chi connectivity index (χ1v) is 5.95. The number of halogens is 1. The van der Waals surface area contributed by atoms with Gasteiger partial charge in [0.25, 0.3) is 0 Å². The summed E-state index contributed by atoms with van der Waals surface area (Å²) in [7, 11) is 0. The van der Waals surface area contributed by atoms with Crippen molar-refractivity contribution in [2.24, 2.45) is 0 Å². The van der Waals surface area contributed by atoms with Gasteiger partial charge in [0.05, 0.1) is 18.3 Å². The highest BCUT2D eigenvalue weighted by Crippen LogP contribution is 2.20. The van der Waals surface area contributed by atoms with Gasteiger partial charge < -0.3 is 15.4 Å². The second kappa shape index (κ2) is 5.32. The molecule has 86 valence electrons. The van der Waals surface area contributed by atoms with Crippen molar-refractivity contribution in [3.8, 4) is 0 Å². The predicted molar refractivity (Wildman–Crippen MR) is 65.5 cm³/mol. The average molecular weight is 285 g/mol.